The summed E-state index contributed by atoms with van der Waals surface area (Å²) in [7, 11) is 1.44. The molecular weight excluding hydrogens is 361 g/mol. The van der Waals surface area contributed by atoms with E-state index in [1.807, 2.05) is 0 Å². The van der Waals surface area contributed by atoms with Crippen molar-refractivity contribution in [2.45, 2.75) is 19.0 Å². The summed E-state index contributed by atoms with van der Waals surface area (Å²) < 4.78 is 44.4. The van der Waals surface area contributed by atoms with Gasteiger partial charge in [0.1, 0.15) is 11.2 Å². The van der Waals surface area contributed by atoms with Crippen LogP contribution in [0.25, 0.3) is 0 Å². The highest BCUT2D eigenvalue weighted by Crippen LogP contribution is 2.48. The Morgan fingerprint density at radius 1 is 0.926 bits per heavy atom. The summed E-state index contributed by atoms with van der Waals surface area (Å²) in [5.41, 5.74) is -2.33. The van der Waals surface area contributed by atoms with Crippen LogP contribution in [0.15, 0.2) is 48.5 Å². The molecule has 1 fully saturated rings. The summed E-state index contributed by atoms with van der Waals surface area (Å²) >= 11 is 0. The molecule has 8 heteroatoms. The van der Waals surface area contributed by atoms with Crippen molar-refractivity contribution >= 4 is 23.2 Å². The Morgan fingerprint density at radius 2 is 1.44 bits per heavy atom. The zero-order valence-electron chi connectivity index (χ0n) is 14.4. The molecule has 2 aromatic rings. The largest absolute Gasteiger partial charge is 0.495 e. The third-order valence-electron chi connectivity index (χ3n) is 4.46. The third-order valence-corrected chi connectivity index (χ3v) is 4.46. The lowest BCUT2D eigenvalue weighted by atomic mass is 10.0. The Kier molecular flexibility index (Phi) is 4.82. The molecule has 0 aromatic heterocycles. The van der Waals surface area contributed by atoms with Crippen molar-refractivity contribution in [3.63, 3.8) is 0 Å². The number of carbonyl (C=O) groups is 2. The number of hydrogen-bond acceptors (Lipinski definition) is 3. The Labute approximate surface area is 153 Å². The van der Waals surface area contributed by atoms with Crippen LogP contribution in [-0.2, 0) is 15.8 Å². The van der Waals surface area contributed by atoms with Crippen LogP contribution < -0.4 is 15.4 Å². The van der Waals surface area contributed by atoms with Crippen molar-refractivity contribution < 1.29 is 27.5 Å². The fourth-order valence-electron chi connectivity index (χ4n) is 2.75. The molecule has 1 aliphatic carbocycles. The number of methoxy groups -OCH3 is 1. The van der Waals surface area contributed by atoms with Gasteiger partial charge in [0.2, 0.25) is 11.8 Å². The SMILES string of the molecule is COc1ccccc1NC(=O)C1(C(=O)Nc2ccccc2C(F)(F)F)CC1. The maximum Gasteiger partial charge on any atom is 0.418 e. The zero-order valence-corrected chi connectivity index (χ0v) is 14.4. The maximum atomic E-state index is 13.1. The average Bonchev–Trinajstić information content (AvgIpc) is 3.44. The van der Waals surface area contributed by atoms with E-state index in [4.69, 9.17) is 4.74 Å². The monoisotopic (exact) mass is 378 g/mol. The fraction of sp³-hybridized carbons (Fsp3) is 0.263. The number of ether oxygens (including phenoxy) is 1. The van der Waals surface area contributed by atoms with Gasteiger partial charge in [-0.15, -0.1) is 0 Å². The number of anilines is 2. The molecule has 2 amide bonds. The molecule has 0 spiro atoms. The van der Waals surface area contributed by atoms with Gasteiger partial charge in [0.05, 0.1) is 24.0 Å². The van der Waals surface area contributed by atoms with E-state index in [2.05, 4.69) is 10.6 Å². The molecule has 0 aliphatic heterocycles. The second-order valence-corrected chi connectivity index (χ2v) is 6.23. The molecule has 0 radical (unpaired) electrons. The van der Waals surface area contributed by atoms with Crippen molar-refractivity contribution in [2.75, 3.05) is 17.7 Å². The van der Waals surface area contributed by atoms with Crippen molar-refractivity contribution in [3.05, 3.63) is 54.1 Å². The second-order valence-electron chi connectivity index (χ2n) is 6.23. The molecule has 0 saturated heterocycles. The van der Waals surface area contributed by atoms with Crippen molar-refractivity contribution in [1.29, 1.82) is 0 Å². The highest BCUT2D eigenvalue weighted by Gasteiger charge is 2.57. The number of hydrogen-bond donors (Lipinski definition) is 2. The van der Waals surface area contributed by atoms with Gasteiger partial charge < -0.3 is 15.4 Å². The molecular formula is C19H17F3N2O3. The number of rotatable bonds is 5. The molecule has 3 rings (SSSR count). The molecule has 1 aliphatic rings. The first-order valence-electron chi connectivity index (χ1n) is 8.20. The van der Waals surface area contributed by atoms with Crippen molar-refractivity contribution in [2.24, 2.45) is 5.41 Å². The van der Waals surface area contributed by atoms with Crippen LogP contribution in [0.3, 0.4) is 0 Å². The van der Waals surface area contributed by atoms with E-state index in [0.717, 1.165) is 12.1 Å². The summed E-state index contributed by atoms with van der Waals surface area (Å²) in [5.74, 6) is -0.912. The van der Waals surface area contributed by atoms with Crippen LogP contribution in [0, 0.1) is 5.41 Å². The van der Waals surface area contributed by atoms with Gasteiger partial charge in [-0.1, -0.05) is 24.3 Å². The number of halogens is 3. The Morgan fingerprint density at radius 3 is 2.00 bits per heavy atom. The zero-order chi connectivity index (χ0) is 19.7. The van der Waals surface area contributed by atoms with Crippen LogP contribution in [0.2, 0.25) is 0 Å². The molecule has 5 nitrogen and oxygen atoms in total. The third kappa shape index (κ3) is 3.74. The van der Waals surface area contributed by atoms with Crippen molar-refractivity contribution in [1.82, 2.24) is 0 Å². The number of benzene rings is 2. The van der Waals surface area contributed by atoms with E-state index < -0.39 is 29.0 Å². The van der Waals surface area contributed by atoms with E-state index in [0.29, 0.717) is 11.4 Å². The maximum absolute atomic E-state index is 13.1. The van der Waals surface area contributed by atoms with Gasteiger partial charge in [0, 0.05) is 0 Å². The van der Waals surface area contributed by atoms with Gasteiger partial charge in [-0.05, 0) is 37.1 Å². The Hall–Kier alpha value is -3.03. The average molecular weight is 378 g/mol. The molecule has 0 bridgehead atoms. The highest BCUT2D eigenvalue weighted by molar-refractivity contribution is 6.17. The molecule has 142 valence electrons. The lowest BCUT2D eigenvalue weighted by Crippen LogP contribution is -2.36. The minimum Gasteiger partial charge on any atom is -0.495 e. The lowest BCUT2D eigenvalue weighted by Gasteiger charge is -2.18. The van der Waals surface area contributed by atoms with Crippen LogP contribution in [-0.4, -0.2) is 18.9 Å². The molecule has 0 atom stereocenters. The molecule has 2 N–H and O–H groups in total. The van der Waals surface area contributed by atoms with Gasteiger partial charge in [-0.25, -0.2) is 0 Å². The Balaban J connectivity index is 1.78. The number of alkyl halides is 3. The van der Waals surface area contributed by atoms with Crippen LogP contribution in [0.4, 0.5) is 24.5 Å². The van der Waals surface area contributed by atoms with E-state index in [-0.39, 0.29) is 18.5 Å². The number of carbonyl (C=O) groups excluding carboxylic acids is 2. The van der Waals surface area contributed by atoms with Gasteiger partial charge >= 0.3 is 6.18 Å². The first-order chi connectivity index (χ1) is 12.8. The van der Waals surface area contributed by atoms with Gasteiger partial charge in [0.15, 0.2) is 0 Å². The minimum atomic E-state index is -4.61. The smallest absolute Gasteiger partial charge is 0.418 e. The van der Waals surface area contributed by atoms with E-state index in [9.17, 15) is 22.8 Å². The summed E-state index contributed by atoms with van der Waals surface area (Å²) in [6.07, 6.45) is -4.09. The fourth-order valence-corrected chi connectivity index (χ4v) is 2.75. The van der Waals surface area contributed by atoms with Gasteiger partial charge in [0.25, 0.3) is 0 Å². The molecule has 1 saturated carbocycles. The molecule has 0 unspecified atom stereocenters. The summed E-state index contributed by atoms with van der Waals surface area (Å²) in [6.45, 7) is 0. The number of para-hydroxylation sites is 3. The number of amides is 2. The lowest BCUT2D eigenvalue weighted by molar-refractivity contribution is -0.137. The minimum absolute atomic E-state index is 0.258. The van der Waals surface area contributed by atoms with Crippen LogP contribution in [0.1, 0.15) is 18.4 Å². The summed E-state index contributed by atoms with van der Waals surface area (Å²) in [5, 5.41) is 4.89. The quantitative estimate of drug-likeness (QED) is 0.771. The van der Waals surface area contributed by atoms with Crippen LogP contribution in [0.5, 0.6) is 5.75 Å². The predicted molar refractivity (Wildman–Crippen MR) is 93.4 cm³/mol. The molecule has 2 aromatic carbocycles. The first kappa shape index (κ1) is 18.8. The highest BCUT2D eigenvalue weighted by atomic mass is 19.4. The van der Waals surface area contributed by atoms with E-state index in [1.54, 1.807) is 24.3 Å². The van der Waals surface area contributed by atoms with Crippen LogP contribution >= 0.6 is 0 Å². The second kappa shape index (κ2) is 6.94. The summed E-state index contributed by atoms with van der Waals surface area (Å²) in [6, 6.07) is 11.3. The molecule has 0 heterocycles. The van der Waals surface area contributed by atoms with E-state index in [1.165, 1.54) is 19.2 Å². The standard InChI is InChI=1S/C19H17F3N2O3/c1-27-15-9-5-4-8-14(15)24-17(26)18(10-11-18)16(25)23-13-7-3-2-6-12(13)19(20,21)22/h2-9H,10-11H2,1H3,(H,23,25)(H,24,26). The van der Waals surface area contributed by atoms with Crippen molar-refractivity contribution in [3.8, 4) is 5.75 Å². The summed E-state index contributed by atoms with van der Waals surface area (Å²) in [4.78, 5) is 25.2. The first-order valence-corrected chi connectivity index (χ1v) is 8.20. The predicted octanol–water partition coefficient (Wildman–Crippen LogP) is 4.07. The normalized spacial score (nSPS) is 15.0. The molecule has 27 heavy (non-hydrogen) atoms. The topological polar surface area (TPSA) is 67.4 Å². The Bertz CT molecular complexity index is 876. The van der Waals surface area contributed by atoms with Gasteiger partial charge in [-0.2, -0.15) is 13.2 Å². The van der Waals surface area contributed by atoms with Gasteiger partial charge in [-0.3, -0.25) is 9.59 Å². The number of nitrogens with one attached hydrogen (secondary N) is 2. The van der Waals surface area contributed by atoms with E-state index >= 15 is 0 Å².